The van der Waals surface area contributed by atoms with Crippen LogP contribution in [-0.2, 0) is 0 Å². The first-order valence-corrected chi connectivity index (χ1v) is 20.7. The Hall–Kier alpha value is -8.21. The van der Waals surface area contributed by atoms with Gasteiger partial charge in [-0.25, -0.2) is 14.5 Å². The highest BCUT2D eigenvalue weighted by Gasteiger charge is 2.22. The molecular weight excluding hydrogens is 741 g/mol. The molecule has 0 aliphatic rings. The SMILES string of the molecule is c1ccc(-c2cc(-c3ccc4c5ccccc5c5ccccc5c4c3)nc(-c3ccc(-c4cc5ccccc5c5c(-c6ccccc6)c(-c6ccccc6)nn45)cc3)n2)cc1. The minimum Gasteiger partial charge on any atom is -0.231 e. The maximum absolute atomic E-state index is 5.41. The van der Waals surface area contributed by atoms with Crippen LogP contribution in [0, 0.1) is 0 Å². The van der Waals surface area contributed by atoms with Gasteiger partial charge >= 0.3 is 0 Å². The fraction of sp³-hybridized carbons (Fsp3) is 0. The zero-order chi connectivity index (χ0) is 40.3. The summed E-state index contributed by atoms with van der Waals surface area (Å²) in [6.45, 7) is 0. The molecule has 0 amide bonds. The zero-order valence-corrected chi connectivity index (χ0v) is 33.1. The van der Waals surface area contributed by atoms with Crippen molar-refractivity contribution in [2.45, 2.75) is 0 Å². The lowest BCUT2D eigenvalue weighted by atomic mass is 9.92. The summed E-state index contributed by atoms with van der Waals surface area (Å²) in [7, 11) is 0. The maximum atomic E-state index is 5.41. The van der Waals surface area contributed by atoms with E-state index in [0.29, 0.717) is 5.82 Å². The Labute approximate surface area is 352 Å². The second-order valence-electron chi connectivity index (χ2n) is 15.6. The highest BCUT2D eigenvalue weighted by Crippen LogP contribution is 2.42. The molecule has 0 saturated heterocycles. The van der Waals surface area contributed by atoms with Crippen molar-refractivity contribution in [3.8, 4) is 67.5 Å². The predicted molar refractivity (Wildman–Crippen MR) is 253 cm³/mol. The van der Waals surface area contributed by atoms with E-state index >= 15 is 0 Å². The Morgan fingerprint density at radius 1 is 0.311 bits per heavy atom. The van der Waals surface area contributed by atoms with E-state index in [0.717, 1.165) is 78.0 Å². The molecule has 9 aromatic carbocycles. The highest BCUT2D eigenvalue weighted by atomic mass is 15.2. The molecule has 0 unspecified atom stereocenters. The number of rotatable bonds is 6. The van der Waals surface area contributed by atoms with Crippen LogP contribution in [0.1, 0.15) is 0 Å². The molecule has 12 rings (SSSR count). The molecule has 61 heavy (non-hydrogen) atoms. The van der Waals surface area contributed by atoms with Gasteiger partial charge < -0.3 is 0 Å². The van der Waals surface area contributed by atoms with E-state index in [1.54, 1.807) is 0 Å². The monoisotopic (exact) mass is 776 g/mol. The standard InChI is InChI=1S/C57H36N4/c1-4-16-37(17-5-1)51-36-52(43-32-33-49-47-26-13-12-24-45(47)46-25-14-15-27-48(46)50(49)34-43)59-57(58-51)41-30-28-38(29-31-41)53-35-42-22-10-11-23-44(42)56-54(39-18-6-2-7-19-39)55(60-61(53)56)40-20-8-3-9-21-40/h1-36H. The second-order valence-corrected chi connectivity index (χ2v) is 15.6. The molecule has 0 aliphatic heterocycles. The van der Waals surface area contributed by atoms with Crippen LogP contribution >= 0.6 is 0 Å². The Balaban J connectivity index is 1.02. The molecule has 0 spiro atoms. The molecule has 4 heteroatoms. The molecular formula is C57H36N4. The molecule has 0 N–H and O–H groups in total. The van der Waals surface area contributed by atoms with Crippen LogP contribution in [-0.4, -0.2) is 19.6 Å². The van der Waals surface area contributed by atoms with Gasteiger partial charge in [0, 0.05) is 38.8 Å². The van der Waals surface area contributed by atoms with Crippen LogP contribution in [0.5, 0.6) is 0 Å². The lowest BCUT2D eigenvalue weighted by Gasteiger charge is -2.13. The van der Waals surface area contributed by atoms with Crippen LogP contribution in [0.3, 0.4) is 0 Å². The van der Waals surface area contributed by atoms with Crippen molar-refractivity contribution in [2.24, 2.45) is 0 Å². The van der Waals surface area contributed by atoms with E-state index in [1.165, 1.54) is 32.3 Å². The first-order chi connectivity index (χ1) is 30.2. The van der Waals surface area contributed by atoms with Crippen molar-refractivity contribution in [1.82, 2.24) is 19.6 Å². The summed E-state index contributed by atoms with van der Waals surface area (Å²) in [6, 6.07) is 77.3. The van der Waals surface area contributed by atoms with Gasteiger partial charge in [-0.05, 0) is 61.5 Å². The summed E-state index contributed by atoms with van der Waals surface area (Å²) in [4.78, 5) is 10.5. The average molecular weight is 777 g/mol. The lowest BCUT2D eigenvalue weighted by Crippen LogP contribution is -1.97. The summed E-state index contributed by atoms with van der Waals surface area (Å²) in [5, 5.41) is 15.2. The summed E-state index contributed by atoms with van der Waals surface area (Å²) in [5.41, 5.74) is 12.2. The Kier molecular flexibility index (Phi) is 8.13. The van der Waals surface area contributed by atoms with Gasteiger partial charge in [0.05, 0.1) is 22.6 Å². The Morgan fingerprint density at radius 2 is 0.787 bits per heavy atom. The van der Waals surface area contributed by atoms with Gasteiger partial charge in [-0.2, -0.15) is 5.10 Å². The van der Waals surface area contributed by atoms with Crippen LogP contribution < -0.4 is 0 Å². The van der Waals surface area contributed by atoms with Gasteiger partial charge in [0.1, 0.15) is 5.69 Å². The van der Waals surface area contributed by atoms with E-state index in [9.17, 15) is 0 Å². The van der Waals surface area contributed by atoms with Crippen LogP contribution in [0.25, 0.3) is 116 Å². The molecule has 4 nitrogen and oxygen atoms in total. The smallest absolute Gasteiger partial charge is 0.160 e. The fourth-order valence-corrected chi connectivity index (χ4v) is 9.11. The number of pyridine rings is 1. The van der Waals surface area contributed by atoms with Crippen LogP contribution in [0.15, 0.2) is 218 Å². The lowest BCUT2D eigenvalue weighted by molar-refractivity contribution is 0.979. The molecule has 3 aromatic heterocycles. The number of fused-ring (bicyclic) bond motifs is 9. The van der Waals surface area contributed by atoms with Gasteiger partial charge in [-0.1, -0.05) is 200 Å². The number of aromatic nitrogens is 4. The molecule has 0 saturated carbocycles. The van der Waals surface area contributed by atoms with E-state index in [-0.39, 0.29) is 0 Å². The topological polar surface area (TPSA) is 43.1 Å². The van der Waals surface area contributed by atoms with Crippen LogP contribution in [0.2, 0.25) is 0 Å². The molecule has 284 valence electrons. The third-order valence-corrected chi connectivity index (χ3v) is 12.0. The number of hydrogen-bond donors (Lipinski definition) is 0. The molecule has 12 aromatic rings. The normalized spacial score (nSPS) is 11.6. The van der Waals surface area contributed by atoms with Gasteiger partial charge in [0.15, 0.2) is 5.82 Å². The summed E-state index contributed by atoms with van der Waals surface area (Å²) in [6.07, 6.45) is 0. The van der Waals surface area contributed by atoms with Crippen LogP contribution in [0.4, 0.5) is 0 Å². The maximum Gasteiger partial charge on any atom is 0.160 e. The first kappa shape index (κ1) is 34.8. The molecule has 0 radical (unpaired) electrons. The van der Waals surface area contributed by atoms with Crippen molar-refractivity contribution < 1.29 is 0 Å². The molecule has 0 fully saturated rings. The van der Waals surface area contributed by atoms with E-state index in [1.807, 2.05) is 6.07 Å². The minimum absolute atomic E-state index is 0.673. The van der Waals surface area contributed by atoms with Crippen molar-refractivity contribution in [1.29, 1.82) is 0 Å². The predicted octanol–water partition coefficient (Wildman–Crippen LogP) is 14.7. The first-order valence-electron chi connectivity index (χ1n) is 20.7. The van der Waals surface area contributed by atoms with Gasteiger partial charge in [0.25, 0.3) is 0 Å². The van der Waals surface area contributed by atoms with Gasteiger partial charge in [-0.15, -0.1) is 0 Å². The Bertz CT molecular complexity index is 3580. The molecule has 0 aliphatic carbocycles. The summed E-state index contributed by atoms with van der Waals surface area (Å²) < 4.78 is 2.14. The number of hydrogen-bond acceptors (Lipinski definition) is 3. The largest absolute Gasteiger partial charge is 0.231 e. The second kappa shape index (κ2) is 14.3. The van der Waals surface area contributed by atoms with Gasteiger partial charge in [0.2, 0.25) is 0 Å². The quantitative estimate of drug-likeness (QED) is 0.158. The van der Waals surface area contributed by atoms with E-state index < -0.39 is 0 Å². The fourth-order valence-electron chi connectivity index (χ4n) is 9.11. The molecule has 0 bridgehead atoms. The van der Waals surface area contributed by atoms with E-state index in [2.05, 4.69) is 217 Å². The van der Waals surface area contributed by atoms with E-state index in [4.69, 9.17) is 15.1 Å². The third-order valence-electron chi connectivity index (χ3n) is 12.0. The number of benzene rings is 9. The molecule has 0 atom stereocenters. The van der Waals surface area contributed by atoms with Crippen molar-refractivity contribution in [3.05, 3.63) is 218 Å². The van der Waals surface area contributed by atoms with Crippen molar-refractivity contribution in [2.75, 3.05) is 0 Å². The average Bonchev–Trinajstić information content (AvgIpc) is 3.76. The zero-order valence-electron chi connectivity index (χ0n) is 33.1. The third kappa shape index (κ3) is 5.88. The minimum atomic E-state index is 0.673. The van der Waals surface area contributed by atoms with Crippen molar-refractivity contribution in [3.63, 3.8) is 0 Å². The highest BCUT2D eigenvalue weighted by molar-refractivity contribution is 6.25. The van der Waals surface area contributed by atoms with Gasteiger partial charge in [-0.3, -0.25) is 0 Å². The Morgan fingerprint density at radius 3 is 1.43 bits per heavy atom. The molecule has 3 heterocycles. The number of nitrogens with zero attached hydrogens (tertiary/aromatic N) is 4. The summed E-state index contributed by atoms with van der Waals surface area (Å²) >= 11 is 0. The van der Waals surface area contributed by atoms with Crippen molar-refractivity contribution >= 4 is 48.6 Å². The summed E-state index contributed by atoms with van der Waals surface area (Å²) in [5.74, 6) is 0.673.